The van der Waals surface area contributed by atoms with Crippen LogP contribution in [0.15, 0.2) is 35.2 Å². The monoisotopic (exact) mass is 280 g/mol. The SMILES string of the molecule is Clc1ccc(OCc2cnco2)c(OC2CNC2)c1. The fourth-order valence-corrected chi connectivity index (χ4v) is 1.84. The van der Waals surface area contributed by atoms with Gasteiger partial charge in [0.1, 0.15) is 12.7 Å². The summed E-state index contributed by atoms with van der Waals surface area (Å²) in [7, 11) is 0. The summed E-state index contributed by atoms with van der Waals surface area (Å²) in [6.07, 6.45) is 3.16. The Kier molecular flexibility index (Phi) is 3.57. The number of aromatic nitrogens is 1. The standard InChI is InChI=1S/C13H13ClN2O3/c14-9-1-2-12(17-7-11-6-16-8-18-11)13(3-9)19-10-4-15-5-10/h1-3,6,8,10,15H,4-5,7H2. The van der Waals surface area contributed by atoms with Crippen molar-refractivity contribution in [1.82, 2.24) is 10.3 Å². The van der Waals surface area contributed by atoms with Gasteiger partial charge < -0.3 is 19.2 Å². The van der Waals surface area contributed by atoms with Gasteiger partial charge in [0, 0.05) is 24.2 Å². The average Bonchev–Trinajstić information content (AvgIpc) is 2.86. The molecule has 0 atom stereocenters. The van der Waals surface area contributed by atoms with E-state index in [1.54, 1.807) is 24.4 Å². The van der Waals surface area contributed by atoms with Gasteiger partial charge in [-0.3, -0.25) is 0 Å². The highest BCUT2D eigenvalue weighted by molar-refractivity contribution is 6.30. The highest BCUT2D eigenvalue weighted by Gasteiger charge is 2.20. The summed E-state index contributed by atoms with van der Waals surface area (Å²) in [5.74, 6) is 1.96. The molecule has 1 N–H and O–H groups in total. The lowest BCUT2D eigenvalue weighted by Gasteiger charge is -2.28. The van der Waals surface area contributed by atoms with Crippen molar-refractivity contribution in [3.63, 3.8) is 0 Å². The number of hydrogen-bond acceptors (Lipinski definition) is 5. The largest absolute Gasteiger partial charge is 0.484 e. The first-order valence-corrected chi connectivity index (χ1v) is 6.36. The summed E-state index contributed by atoms with van der Waals surface area (Å²) in [5.41, 5.74) is 0. The third kappa shape index (κ3) is 3.00. The van der Waals surface area contributed by atoms with Crippen molar-refractivity contribution in [2.45, 2.75) is 12.7 Å². The molecule has 0 unspecified atom stereocenters. The van der Waals surface area contributed by atoms with E-state index in [0.29, 0.717) is 28.9 Å². The van der Waals surface area contributed by atoms with Crippen LogP contribution in [0.4, 0.5) is 0 Å². The van der Waals surface area contributed by atoms with E-state index in [9.17, 15) is 0 Å². The van der Waals surface area contributed by atoms with Crippen molar-refractivity contribution in [3.05, 3.63) is 41.6 Å². The lowest BCUT2D eigenvalue weighted by Crippen LogP contribution is -2.50. The summed E-state index contributed by atoms with van der Waals surface area (Å²) in [5, 5.41) is 3.77. The van der Waals surface area contributed by atoms with Gasteiger partial charge in [0.15, 0.2) is 23.7 Å². The Morgan fingerprint density at radius 1 is 1.37 bits per heavy atom. The van der Waals surface area contributed by atoms with Crippen LogP contribution in [0.2, 0.25) is 5.02 Å². The summed E-state index contributed by atoms with van der Waals surface area (Å²) in [4.78, 5) is 3.83. The van der Waals surface area contributed by atoms with Gasteiger partial charge in [0.25, 0.3) is 0 Å². The number of halogens is 1. The van der Waals surface area contributed by atoms with Crippen LogP contribution in [0.3, 0.4) is 0 Å². The number of benzene rings is 1. The van der Waals surface area contributed by atoms with Crippen molar-refractivity contribution in [3.8, 4) is 11.5 Å². The van der Waals surface area contributed by atoms with Crippen LogP contribution < -0.4 is 14.8 Å². The van der Waals surface area contributed by atoms with E-state index < -0.39 is 0 Å². The molecule has 0 saturated carbocycles. The molecule has 1 fully saturated rings. The van der Waals surface area contributed by atoms with Crippen LogP contribution in [-0.2, 0) is 6.61 Å². The first-order valence-electron chi connectivity index (χ1n) is 5.98. The van der Waals surface area contributed by atoms with Gasteiger partial charge in [-0.15, -0.1) is 0 Å². The minimum atomic E-state index is 0.172. The minimum absolute atomic E-state index is 0.172. The van der Waals surface area contributed by atoms with Crippen LogP contribution in [0.5, 0.6) is 11.5 Å². The molecule has 5 nitrogen and oxygen atoms in total. The number of nitrogens with one attached hydrogen (secondary N) is 1. The molecule has 0 spiro atoms. The molecule has 1 aromatic heterocycles. The summed E-state index contributed by atoms with van der Waals surface area (Å²) in [6.45, 7) is 1.99. The molecule has 0 radical (unpaired) electrons. The zero-order chi connectivity index (χ0) is 13.1. The number of hydrogen-bond donors (Lipinski definition) is 1. The van der Waals surface area contributed by atoms with Gasteiger partial charge in [-0.25, -0.2) is 4.98 Å². The van der Waals surface area contributed by atoms with Crippen LogP contribution >= 0.6 is 11.6 Å². The molecule has 0 bridgehead atoms. The number of nitrogens with zero attached hydrogens (tertiary/aromatic N) is 1. The second-order valence-electron chi connectivity index (χ2n) is 4.25. The maximum Gasteiger partial charge on any atom is 0.181 e. The summed E-state index contributed by atoms with van der Waals surface area (Å²) in [6, 6.07) is 5.32. The molecule has 2 heterocycles. The second kappa shape index (κ2) is 5.50. The first kappa shape index (κ1) is 12.3. The van der Waals surface area contributed by atoms with E-state index in [1.165, 1.54) is 6.39 Å². The Morgan fingerprint density at radius 2 is 2.26 bits per heavy atom. The normalized spacial score (nSPS) is 15.0. The fraction of sp³-hybridized carbons (Fsp3) is 0.308. The molecule has 100 valence electrons. The van der Waals surface area contributed by atoms with E-state index in [1.807, 2.05) is 0 Å². The zero-order valence-electron chi connectivity index (χ0n) is 10.1. The predicted octanol–water partition coefficient (Wildman–Crippen LogP) is 2.26. The van der Waals surface area contributed by atoms with E-state index in [2.05, 4.69) is 10.3 Å². The Hall–Kier alpha value is -1.72. The summed E-state index contributed by atoms with van der Waals surface area (Å²) < 4.78 is 16.6. The van der Waals surface area contributed by atoms with Crippen molar-refractivity contribution in [2.24, 2.45) is 0 Å². The molecule has 3 rings (SSSR count). The van der Waals surface area contributed by atoms with Crippen LogP contribution in [-0.4, -0.2) is 24.2 Å². The minimum Gasteiger partial charge on any atom is -0.484 e. The highest BCUT2D eigenvalue weighted by atomic mass is 35.5. The first-order chi connectivity index (χ1) is 9.31. The molecule has 19 heavy (non-hydrogen) atoms. The molecule has 1 aliphatic rings. The van der Waals surface area contributed by atoms with Crippen LogP contribution in [0.1, 0.15) is 5.76 Å². The van der Waals surface area contributed by atoms with E-state index in [0.717, 1.165) is 13.1 Å². The molecule has 0 amide bonds. The lowest BCUT2D eigenvalue weighted by molar-refractivity contribution is 0.133. The third-order valence-electron chi connectivity index (χ3n) is 2.80. The lowest BCUT2D eigenvalue weighted by atomic mass is 10.2. The van der Waals surface area contributed by atoms with Crippen LogP contribution in [0, 0.1) is 0 Å². The maximum atomic E-state index is 5.98. The molecule has 1 saturated heterocycles. The summed E-state index contributed by atoms with van der Waals surface area (Å²) >= 11 is 5.98. The molecule has 2 aromatic rings. The van der Waals surface area contributed by atoms with Gasteiger partial charge in [-0.1, -0.05) is 11.6 Å². The molecule has 0 aliphatic carbocycles. The molecular weight excluding hydrogens is 268 g/mol. The van der Waals surface area contributed by atoms with Crippen molar-refractivity contribution < 1.29 is 13.9 Å². The van der Waals surface area contributed by atoms with Gasteiger partial charge in [0.2, 0.25) is 0 Å². The van der Waals surface area contributed by atoms with Gasteiger partial charge in [-0.05, 0) is 12.1 Å². The number of rotatable bonds is 5. The number of oxazole rings is 1. The Morgan fingerprint density at radius 3 is 2.95 bits per heavy atom. The Balaban J connectivity index is 1.71. The van der Waals surface area contributed by atoms with E-state index >= 15 is 0 Å². The second-order valence-corrected chi connectivity index (χ2v) is 4.68. The van der Waals surface area contributed by atoms with Crippen LogP contribution in [0.25, 0.3) is 0 Å². The number of ether oxygens (including phenoxy) is 2. The van der Waals surface area contributed by atoms with Crippen molar-refractivity contribution in [1.29, 1.82) is 0 Å². The van der Waals surface area contributed by atoms with Crippen molar-refractivity contribution >= 4 is 11.6 Å². The maximum absolute atomic E-state index is 5.98. The van der Waals surface area contributed by atoms with Gasteiger partial charge in [0.05, 0.1) is 6.20 Å². The molecule has 1 aromatic carbocycles. The van der Waals surface area contributed by atoms with Crippen molar-refractivity contribution in [2.75, 3.05) is 13.1 Å². The molecule has 6 heteroatoms. The van der Waals surface area contributed by atoms with Gasteiger partial charge in [-0.2, -0.15) is 0 Å². The van der Waals surface area contributed by atoms with Gasteiger partial charge >= 0.3 is 0 Å². The molecule has 1 aliphatic heterocycles. The molecular formula is C13H13ClN2O3. The van der Waals surface area contributed by atoms with E-state index in [-0.39, 0.29) is 6.10 Å². The topological polar surface area (TPSA) is 56.5 Å². The Bertz CT molecular complexity index is 541. The quantitative estimate of drug-likeness (QED) is 0.910. The smallest absolute Gasteiger partial charge is 0.181 e. The Labute approximate surface area is 115 Å². The van der Waals surface area contributed by atoms with E-state index in [4.69, 9.17) is 25.5 Å². The third-order valence-corrected chi connectivity index (χ3v) is 3.03. The average molecular weight is 281 g/mol. The zero-order valence-corrected chi connectivity index (χ0v) is 10.9. The predicted molar refractivity (Wildman–Crippen MR) is 69.6 cm³/mol. The highest BCUT2D eigenvalue weighted by Crippen LogP contribution is 2.32. The fourth-order valence-electron chi connectivity index (χ4n) is 1.68.